The molecule has 3 rings (SSSR count). The molecule has 0 saturated carbocycles. The van der Waals surface area contributed by atoms with Crippen LogP contribution in [0.1, 0.15) is 5.56 Å². The average Bonchev–Trinajstić information content (AvgIpc) is 2.66. The van der Waals surface area contributed by atoms with Crippen molar-refractivity contribution in [2.24, 2.45) is 0 Å². The summed E-state index contributed by atoms with van der Waals surface area (Å²) in [5.74, 6) is 0.502. The van der Waals surface area contributed by atoms with Gasteiger partial charge in [0.15, 0.2) is 0 Å². The summed E-state index contributed by atoms with van der Waals surface area (Å²) >= 11 is 5.80. The molecule has 0 radical (unpaired) electrons. The molecule has 0 unspecified atom stereocenters. The summed E-state index contributed by atoms with van der Waals surface area (Å²) in [4.78, 5) is 7.62. The molecule has 15 heavy (non-hydrogen) atoms. The Morgan fingerprint density at radius 1 is 1.20 bits per heavy atom. The molecular formula is C12H9ClN2. The van der Waals surface area contributed by atoms with Crippen LogP contribution in [0.25, 0.3) is 21.9 Å². The van der Waals surface area contributed by atoms with E-state index in [4.69, 9.17) is 11.6 Å². The van der Waals surface area contributed by atoms with Gasteiger partial charge in [-0.2, -0.15) is 0 Å². The van der Waals surface area contributed by atoms with E-state index in [1.165, 1.54) is 5.39 Å². The molecule has 0 spiro atoms. The summed E-state index contributed by atoms with van der Waals surface area (Å²) in [6.07, 6.45) is 1.81. The molecule has 2 heterocycles. The van der Waals surface area contributed by atoms with E-state index in [1.54, 1.807) is 0 Å². The molecular weight excluding hydrogens is 208 g/mol. The Morgan fingerprint density at radius 2 is 2.07 bits per heavy atom. The number of fused-ring (bicyclic) bond motifs is 3. The third-order valence-electron chi connectivity index (χ3n) is 2.57. The van der Waals surface area contributed by atoms with Crippen molar-refractivity contribution in [2.75, 3.05) is 0 Å². The fraction of sp³-hybridized carbons (Fsp3) is 0.0833. The Bertz CT molecular complexity index is 628. The minimum absolute atomic E-state index is 0.502. The first-order valence-electron chi connectivity index (χ1n) is 4.80. The lowest BCUT2D eigenvalue weighted by Crippen LogP contribution is -1.81. The monoisotopic (exact) mass is 216 g/mol. The number of nitrogens with zero attached hydrogens (tertiary/aromatic N) is 1. The van der Waals surface area contributed by atoms with Crippen molar-refractivity contribution >= 4 is 33.5 Å². The number of hydrogen-bond donors (Lipinski definition) is 1. The molecule has 0 aliphatic heterocycles. The molecule has 3 aromatic rings. The molecule has 0 aliphatic rings. The van der Waals surface area contributed by atoms with Crippen LogP contribution in [0.4, 0.5) is 0 Å². The first-order valence-corrected chi connectivity index (χ1v) is 5.33. The van der Waals surface area contributed by atoms with Gasteiger partial charge in [0.1, 0.15) is 5.65 Å². The van der Waals surface area contributed by atoms with E-state index in [1.807, 2.05) is 18.3 Å². The summed E-state index contributed by atoms with van der Waals surface area (Å²) in [7, 11) is 0. The van der Waals surface area contributed by atoms with Gasteiger partial charge < -0.3 is 4.98 Å². The van der Waals surface area contributed by atoms with Gasteiger partial charge in [0.2, 0.25) is 0 Å². The van der Waals surface area contributed by atoms with Crippen molar-refractivity contribution < 1.29 is 0 Å². The van der Waals surface area contributed by atoms with E-state index in [0.29, 0.717) is 5.88 Å². The Labute approximate surface area is 91.9 Å². The highest BCUT2D eigenvalue weighted by Gasteiger charge is 2.04. The second-order valence-electron chi connectivity index (χ2n) is 3.54. The summed E-state index contributed by atoms with van der Waals surface area (Å²) in [6.45, 7) is 0. The topological polar surface area (TPSA) is 28.7 Å². The Kier molecular flexibility index (Phi) is 1.89. The van der Waals surface area contributed by atoms with Crippen LogP contribution in [0.2, 0.25) is 0 Å². The van der Waals surface area contributed by atoms with Crippen molar-refractivity contribution in [1.82, 2.24) is 9.97 Å². The van der Waals surface area contributed by atoms with E-state index in [2.05, 4.69) is 28.2 Å². The molecule has 2 nitrogen and oxygen atoms in total. The van der Waals surface area contributed by atoms with Crippen LogP contribution in [0, 0.1) is 0 Å². The maximum atomic E-state index is 5.80. The van der Waals surface area contributed by atoms with Gasteiger partial charge in [-0.15, -0.1) is 11.6 Å². The largest absolute Gasteiger partial charge is 0.339 e. The summed E-state index contributed by atoms with van der Waals surface area (Å²) in [5, 5.41) is 2.34. The number of H-pyrrole nitrogens is 1. The first-order chi connectivity index (χ1) is 7.38. The Morgan fingerprint density at radius 3 is 2.93 bits per heavy atom. The molecule has 1 N–H and O–H groups in total. The molecule has 3 heteroatoms. The van der Waals surface area contributed by atoms with Gasteiger partial charge in [-0.25, -0.2) is 4.98 Å². The lowest BCUT2D eigenvalue weighted by molar-refractivity contribution is 1.28. The summed E-state index contributed by atoms with van der Waals surface area (Å²) in [5.41, 5.74) is 3.09. The lowest BCUT2D eigenvalue weighted by atomic mass is 10.2. The number of alkyl halides is 1. The summed E-state index contributed by atoms with van der Waals surface area (Å²) in [6, 6.07) is 10.3. The fourth-order valence-corrected chi connectivity index (χ4v) is 1.99. The van der Waals surface area contributed by atoms with Crippen LogP contribution in [0.3, 0.4) is 0 Å². The van der Waals surface area contributed by atoms with Crippen LogP contribution in [0.15, 0.2) is 36.5 Å². The minimum atomic E-state index is 0.502. The molecule has 0 saturated heterocycles. The molecule has 74 valence electrons. The number of para-hydroxylation sites is 1. The highest BCUT2D eigenvalue weighted by molar-refractivity contribution is 6.17. The lowest BCUT2D eigenvalue weighted by Gasteiger charge is -1.94. The second-order valence-corrected chi connectivity index (χ2v) is 3.81. The van der Waals surface area contributed by atoms with E-state index in [-0.39, 0.29) is 0 Å². The van der Waals surface area contributed by atoms with Crippen molar-refractivity contribution in [3.05, 3.63) is 42.1 Å². The van der Waals surface area contributed by atoms with E-state index in [0.717, 1.165) is 22.1 Å². The number of rotatable bonds is 1. The number of hydrogen-bond acceptors (Lipinski definition) is 1. The number of nitrogens with one attached hydrogen (secondary N) is 1. The van der Waals surface area contributed by atoms with Gasteiger partial charge >= 0.3 is 0 Å². The second kappa shape index (κ2) is 3.24. The summed E-state index contributed by atoms with van der Waals surface area (Å²) < 4.78 is 0. The van der Waals surface area contributed by atoms with Gasteiger partial charge in [-0.3, -0.25) is 0 Å². The van der Waals surface area contributed by atoms with Crippen LogP contribution >= 0.6 is 11.6 Å². The zero-order valence-corrected chi connectivity index (χ0v) is 8.75. The zero-order chi connectivity index (χ0) is 10.3. The van der Waals surface area contributed by atoms with Crippen LogP contribution in [-0.2, 0) is 5.88 Å². The minimum Gasteiger partial charge on any atom is -0.339 e. The predicted molar refractivity (Wildman–Crippen MR) is 63.2 cm³/mol. The van der Waals surface area contributed by atoms with Crippen LogP contribution < -0.4 is 0 Å². The molecule has 0 bridgehead atoms. The van der Waals surface area contributed by atoms with Crippen molar-refractivity contribution in [2.45, 2.75) is 5.88 Å². The molecule has 1 aromatic carbocycles. The van der Waals surface area contributed by atoms with Gasteiger partial charge in [-0.05, 0) is 17.7 Å². The average molecular weight is 217 g/mol. The number of aromatic nitrogens is 2. The fourth-order valence-electron chi connectivity index (χ4n) is 1.84. The Balaban J connectivity index is 2.46. The SMILES string of the molecule is ClCc1cnc2[nH]c3ccccc3c2c1. The number of benzene rings is 1. The van der Waals surface area contributed by atoms with Crippen molar-refractivity contribution in [3.63, 3.8) is 0 Å². The van der Waals surface area contributed by atoms with Crippen LogP contribution in [0.5, 0.6) is 0 Å². The van der Waals surface area contributed by atoms with E-state index in [9.17, 15) is 0 Å². The van der Waals surface area contributed by atoms with Gasteiger partial charge in [0.25, 0.3) is 0 Å². The van der Waals surface area contributed by atoms with Crippen molar-refractivity contribution in [1.29, 1.82) is 0 Å². The number of pyridine rings is 1. The van der Waals surface area contributed by atoms with Crippen molar-refractivity contribution in [3.8, 4) is 0 Å². The van der Waals surface area contributed by atoms with E-state index >= 15 is 0 Å². The third-order valence-corrected chi connectivity index (χ3v) is 2.88. The maximum Gasteiger partial charge on any atom is 0.138 e. The molecule has 2 aromatic heterocycles. The highest BCUT2D eigenvalue weighted by Crippen LogP contribution is 2.24. The predicted octanol–water partition coefficient (Wildman–Crippen LogP) is 3.45. The van der Waals surface area contributed by atoms with Gasteiger partial charge in [0.05, 0.1) is 0 Å². The van der Waals surface area contributed by atoms with Gasteiger partial charge in [-0.1, -0.05) is 18.2 Å². The first kappa shape index (κ1) is 8.74. The number of aromatic amines is 1. The Hall–Kier alpha value is -1.54. The standard InChI is InChI=1S/C12H9ClN2/c13-6-8-5-10-9-3-1-2-4-11(9)15-12(10)14-7-8/h1-5,7H,6H2,(H,14,15). The van der Waals surface area contributed by atoms with Gasteiger partial charge in [0, 0.05) is 28.4 Å². The molecule has 0 aliphatic carbocycles. The molecule has 0 fully saturated rings. The van der Waals surface area contributed by atoms with Crippen LogP contribution in [-0.4, -0.2) is 9.97 Å². The molecule has 0 atom stereocenters. The van der Waals surface area contributed by atoms with E-state index < -0.39 is 0 Å². The third kappa shape index (κ3) is 1.29. The number of halogens is 1. The molecule has 0 amide bonds. The quantitative estimate of drug-likeness (QED) is 0.620. The smallest absolute Gasteiger partial charge is 0.138 e. The maximum absolute atomic E-state index is 5.80. The zero-order valence-electron chi connectivity index (χ0n) is 8.00. The normalized spacial score (nSPS) is 11.3. The highest BCUT2D eigenvalue weighted by atomic mass is 35.5.